The van der Waals surface area contributed by atoms with Crippen LogP contribution in [0.2, 0.25) is 5.02 Å². The summed E-state index contributed by atoms with van der Waals surface area (Å²) in [5.74, 6) is 1.31. The number of hydrogen-bond donors (Lipinski definition) is 2. The summed E-state index contributed by atoms with van der Waals surface area (Å²) in [4.78, 5) is 24.2. The molecule has 1 aromatic carbocycles. The van der Waals surface area contributed by atoms with Crippen LogP contribution < -0.4 is 21.1 Å². The average molecular weight is 439 g/mol. The quantitative estimate of drug-likeness (QED) is 0.628. The van der Waals surface area contributed by atoms with Crippen LogP contribution >= 0.6 is 11.6 Å². The maximum atomic E-state index is 12.9. The van der Waals surface area contributed by atoms with Gasteiger partial charge in [0.25, 0.3) is 5.56 Å². The number of benzene rings is 1. The van der Waals surface area contributed by atoms with E-state index in [0.717, 1.165) is 79.6 Å². The monoisotopic (exact) mass is 438 g/mol. The first-order valence-electron chi connectivity index (χ1n) is 11.1. The fourth-order valence-corrected chi connectivity index (χ4v) is 4.73. The van der Waals surface area contributed by atoms with Gasteiger partial charge in [-0.15, -0.1) is 0 Å². The SMILES string of the molecule is Cn1c(=O)c2c(c3cc(Nc4nc(N5CCCCC5)ncc4Cl)ccc31)NCCCC2. The molecule has 2 aliphatic heterocycles. The van der Waals surface area contributed by atoms with Gasteiger partial charge in [0.2, 0.25) is 5.95 Å². The number of aryl methyl sites for hydroxylation is 1. The Morgan fingerprint density at radius 1 is 1.13 bits per heavy atom. The van der Waals surface area contributed by atoms with Gasteiger partial charge in [-0.05, 0) is 56.7 Å². The van der Waals surface area contributed by atoms with Crippen LogP contribution in [-0.4, -0.2) is 34.2 Å². The largest absolute Gasteiger partial charge is 0.384 e. The lowest BCUT2D eigenvalue weighted by Crippen LogP contribution is -2.31. The Bertz CT molecular complexity index is 1180. The molecule has 0 atom stereocenters. The van der Waals surface area contributed by atoms with E-state index < -0.39 is 0 Å². The van der Waals surface area contributed by atoms with Gasteiger partial charge in [-0.25, -0.2) is 4.98 Å². The van der Waals surface area contributed by atoms with Gasteiger partial charge in [-0.3, -0.25) is 4.79 Å². The van der Waals surface area contributed by atoms with Crippen molar-refractivity contribution < 1.29 is 0 Å². The van der Waals surface area contributed by atoms with Crippen molar-refractivity contribution in [2.45, 2.75) is 38.5 Å². The predicted molar refractivity (Wildman–Crippen MR) is 127 cm³/mol. The molecule has 0 radical (unpaired) electrons. The third kappa shape index (κ3) is 3.82. The second-order valence-corrected chi connectivity index (χ2v) is 8.78. The van der Waals surface area contributed by atoms with Crippen LogP contribution in [0, 0.1) is 0 Å². The van der Waals surface area contributed by atoms with E-state index in [-0.39, 0.29) is 5.56 Å². The fraction of sp³-hybridized carbons (Fsp3) is 0.435. The maximum Gasteiger partial charge on any atom is 0.256 e. The minimum atomic E-state index is 0.0858. The summed E-state index contributed by atoms with van der Waals surface area (Å²) in [7, 11) is 1.84. The van der Waals surface area contributed by atoms with Crippen molar-refractivity contribution in [2.75, 3.05) is 35.2 Å². The van der Waals surface area contributed by atoms with E-state index in [0.29, 0.717) is 16.8 Å². The van der Waals surface area contributed by atoms with E-state index in [4.69, 9.17) is 16.6 Å². The van der Waals surface area contributed by atoms with E-state index in [1.165, 1.54) is 6.42 Å². The van der Waals surface area contributed by atoms with Gasteiger partial charge in [0.05, 0.1) is 17.4 Å². The molecule has 4 heterocycles. The Hall–Kier alpha value is -2.80. The first-order chi connectivity index (χ1) is 15.1. The molecule has 1 saturated heterocycles. The smallest absolute Gasteiger partial charge is 0.256 e. The maximum absolute atomic E-state index is 12.9. The minimum absolute atomic E-state index is 0.0858. The number of fused-ring (bicyclic) bond motifs is 3. The highest BCUT2D eigenvalue weighted by Gasteiger charge is 2.19. The van der Waals surface area contributed by atoms with Crippen molar-refractivity contribution in [1.29, 1.82) is 0 Å². The molecule has 1 fully saturated rings. The molecule has 162 valence electrons. The molecular formula is C23H27ClN6O. The molecule has 0 unspecified atom stereocenters. The molecule has 5 rings (SSSR count). The van der Waals surface area contributed by atoms with Gasteiger partial charge in [0.1, 0.15) is 5.02 Å². The molecule has 0 amide bonds. The molecule has 2 aliphatic rings. The van der Waals surface area contributed by atoms with Crippen LogP contribution in [-0.2, 0) is 13.5 Å². The van der Waals surface area contributed by atoms with Crippen LogP contribution in [0.15, 0.2) is 29.2 Å². The fourth-order valence-electron chi connectivity index (χ4n) is 4.59. The average Bonchev–Trinajstić information content (AvgIpc) is 3.06. The molecule has 8 heteroatoms. The number of hydrogen-bond acceptors (Lipinski definition) is 6. The Morgan fingerprint density at radius 3 is 2.81 bits per heavy atom. The summed E-state index contributed by atoms with van der Waals surface area (Å²) in [6.45, 7) is 2.83. The molecule has 0 aliphatic carbocycles. The highest BCUT2D eigenvalue weighted by molar-refractivity contribution is 6.32. The van der Waals surface area contributed by atoms with Crippen molar-refractivity contribution in [3.8, 4) is 0 Å². The first kappa shape index (κ1) is 20.1. The lowest BCUT2D eigenvalue weighted by Gasteiger charge is -2.27. The molecule has 0 spiro atoms. The number of piperidine rings is 1. The predicted octanol–water partition coefficient (Wildman–Crippen LogP) is 4.46. The standard InChI is InChI=1S/C23H27ClN6O/c1-29-19-9-8-15(13-17(19)20-16(22(29)31)7-3-4-10-25-20)27-21-18(24)14-26-23(28-21)30-11-5-2-6-12-30/h8-9,13-14,25H,2-7,10-12H2,1H3,(H,26,27,28). The van der Waals surface area contributed by atoms with Crippen molar-refractivity contribution in [1.82, 2.24) is 14.5 Å². The molecule has 3 aromatic rings. The van der Waals surface area contributed by atoms with Crippen molar-refractivity contribution >= 4 is 45.6 Å². The third-order valence-corrected chi connectivity index (χ3v) is 6.56. The van der Waals surface area contributed by atoms with E-state index in [9.17, 15) is 4.79 Å². The lowest BCUT2D eigenvalue weighted by molar-refractivity contribution is 0.568. The van der Waals surface area contributed by atoms with Gasteiger partial charge in [-0.2, -0.15) is 4.98 Å². The summed E-state index contributed by atoms with van der Waals surface area (Å²) >= 11 is 6.42. The Morgan fingerprint density at radius 2 is 1.97 bits per heavy atom. The summed E-state index contributed by atoms with van der Waals surface area (Å²) in [5, 5.41) is 8.38. The van der Waals surface area contributed by atoms with Crippen molar-refractivity contribution in [2.24, 2.45) is 7.05 Å². The minimum Gasteiger partial charge on any atom is -0.384 e. The van der Waals surface area contributed by atoms with Gasteiger partial charge in [-0.1, -0.05) is 11.6 Å². The molecule has 0 bridgehead atoms. The normalized spacial score (nSPS) is 16.5. The van der Waals surface area contributed by atoms with Crippen molar-refractivity contribution in [3.05, 3.63) is 45.3 Å². The highest BCUT2D eigenvalue weighted by Crippen LogP contribution is 2.32. The van der Waals surface area contributed by atoms with E-state index in [1.54, 1.807) is 10.8 Å². The molecule has 2 aromatic heterocycles. The second kappa shape index (κ2) is 8.38. The van der Waals surface area contributed by atoms with Crippen LogP contribution in [0.5, 0.6) is 0 Å². The Kier molecular flexibility index (Phi) is 5.44. The number of nitrogens with one attached hydrogen (secondary N) is 2. The van der Waals surface area contributed by atoms with Crippen LogP contribution in [0.3, 0.4) is 0 Å². The van der Waals surface area contributed by atoms with Gasteiger partial charge >= 0.3 is 0 Å². The summed E-state index contributed by atoms with van der Waals surface area (Å²) in [6, 6.07) is 6.02. The number of rotatable bonds is 3. The highest BCUT2D eigenvalue weighted by atomic mass is 35.5. The van der Waals surface area contributed by atoms with E-state index >= 15 is 0 Å². The molecule has 7 nitrogen and oxygen atoms in total. The first-order valence-corrected chi connectivity index (χ1v) is 11.4. The summed E-state index contributed by atoms with van der Waals surface area (Å²) in [5.41, 5.74) is 3.71. The van der Waals surface area contributed by atoms with E-state index in [1.807, 2.05) is 19.2 Å². The Labute approximate surface area is 186 Å². The number of aromatic nitrogens is 3. The molecular weight excluding hydrogens is 412 g/mol. The zero-order chi connectivity index (χ0) is 21.4. The zero-order valence-corrected chi connectivity index (χ0v) is 18.5. The molecule has 0 saturated carbocycles. The van der Waals surface area contributed by atoms with Crippen molar-refractivity contribution in [3.63, 3.8) is 0 Å². The second-order valence-electron chi connectivity index (χ2n) is 8.37. The van der Waals surface area contributed by atoms with Gasteiger partial charge in [0.15, 0.2) is 5.82 Å². The number of pyridine rings is 1. The Balaban J connectivity index is 1.53. The van der Waals surface area contributed by atoms with E-state index in [2.05, 4.69) is 26.6 Å². The topological polar surface area (TPSA) is 75.1 Å². The van der Waals surface area contributed by atoms with Crippen LogP contribution in [0.1, 0.15) is 37.7 Å². The molecule has 31 heavy (non-hydrogen) atoms. The van der Waals surface area contributed by atoms with Crippen LogP contribution in [0.4, 0.5) is 23.1 Å². The summed E-state index contributed by atoms with van der Waals surface area (Å²) < 4.78 is 1.75. The summed E-state index contributed by atoms with van der Waals surface area (Å²) in [6.07, 6.45) is 8.14. The zero-order valence-electron chi connectivity index (χ0n) is 17.7. The number of nitrogens with zero attached hydrogens (tertiary/aromatic N) is 4. The van der Waals surface area contributed by atoms with Gasteiger partial charge in [0, 0.05) is 43.3 Å². The lowest BCUT2D eigenvalue weighted by atomic mass is 10.0. The number of halogens is 1. The van der Waals surface area contributed by atoms with Crippen LogP contribution in [0.25, 0.3) is 10.9 Å². The number of anilines is 4. The molecule has 2 N–H and O–H groups in total. The third-order valence-electron chi connectivity index (χ3n) is 6.28. The van der Waals surface area contributed by atoms with Gasteiger partial charge < -0.3 is 20.1 Å².